The fourth-order valence-corrected chi connectivity index (χ4v) is 1.95. The fourth-order valence-electron chi connectivity index (χ4n) is 1.60. The van der Waals surface area contributed by atoms with Crippen LogP contribution >= 0.6 is 15.9 Å². The Labute approximate surface area is 91.2 Å². The molecule has 1 aromatic rings. The molecule has 0 fully saturated rings. The minimum Gasteiger partial charge on any atom is -0.361 e. The van der Waals surface area contributed by atoms with Crippen LogP contribution in [0.2, 0.25) is 0 Å². The van der Waals surface area contributed by atoms with Gasteiger partial charge in [0.15, 0.2) is 0 Å². The van der Waals surface area contributed by atoms with E-state index in [0.717, 1.165) is 22.4 Å². The molecule has 0 saturated heterocycles. The molecule has 1 heterocycles. The van der Waals surface area contributed by atoms with Crippen LogP contribution in [0.5, 0.6) is 0 Å². The van der Waals surface area contributed by atoms with E-state index in [-0.39, 0.29) is 5.91 Å². The molecule has 1 aromatic carbocycles. The van der Waals surface area contributed by atoms with E-state index in [1.807, 2.05) is 25.1 Å². The van der Waals surface area contributed by atoms with Crippen LogP contribution in [-0.4, -0.2) is 19.0 Å². The van der Waals surface area contributed by atoms with Crippen LogP contribution in [0.1, 0.15) is 6.92 Å². The number of rotatable bonds is 1. The number of fused-ring (bicyclic) bond motifs is 1. The standard InChI is InChI=1S/C10H11BrN2O/c1-2-13-6-10(14)12-8-4-3-7(11)5-9(8)13/h3-5H,2,6H2,1H3,(H,12,14). The van der Waals surface area contributed by atoms with Crippen molar-refractivity contribution in [2.75, 3.05) is 23.3 Å². The van der Waals surface area contributed by atoms with Crippen molar-refractivity contribution < 1.29 is 4.79 Å². The first-order valence-corrected chi connectivity index (χ1v) is 5.34. The number of halogens is 1. The Morgan fingerprint density at radius 2 is 2.36 bits per heavy atom. The highest BCUT2D eigenvalue weighted by Crippen LogP contribution is 2.31. The van der Waals surface area contributed by atoms with Crippen molar-refractivity contribution in [3.63, 3.8) is 0 Å². The summed E-state index contributed by atoms with van der Waals surface area (Å²) >= 11 is 3.42. The lowest BCUT2D eigenvalue weighted by Gasteiger charge is -2.29. The highest BCUT2D eigenvalue weighted by molar-refractivity contribution is 9.10. The molecule has 0 aromatic heterocycles. The molecule has 1 amide bonds. The van der Waals surface area contributed by atoms with Gasteiger partial charge in [-0.25, -0.2) is 0 Å². The smallest absolute Gasteiger partial charge is 0.243 e. The number of amides is 1. The van der Waals surface area contributed by atoms with Crippen molar-refractivity contribution in [2.45, 2.75) is 6.92 Å². The van der Waals surface area contributed by atoms with Crippen molar-refractivity contribution in [1.82, 2.24) is 0 Å². The molecule has 0 atom stereocenters. The van der Waals surface area contributed by atoms with Crippen LogP contribution < -0.4 is 10.2 Å². The van der Waals surface area contributed by atoms with Gasteiger partial charge >= 0.3 is 0 Å². The second-order valence-electron chi connectivity index (χ2n) is 3.22. The zero-order valence-electron chi connectivity index (χ0n) is 7.88. The number of nitrogens with one attached hydrogen (secondary N) is 1. The van der Waals surface area contributed by atoms with Gasteiger partial charge in [0.2, 0.25) is 5.91 Å². The maximum absolute atomic E-state index is 11.3. The molecule has 1 N–H and O–H groups in total. The van der Waals surface area contributed by atoms with Crippen molar-refractivity contribution >= 4 is 33.2 Å². The van der Waals surface area contributed by atoms with Gasteiger partial charge in [-0.1, -0.05) is 15.9 Å². The summed E-state index contributed by atoms with van der Waals surface area (Å²) < 4.78 is 1.03. The summed E-state index contributed by atoms with van der Waals surface area (Å²) in [5.41, 5.74) is 1.98. The third kappa shape index (κ3) is 1.62. The van der Waals surface area contributed by atoms with E-state index in [1.54, 1.807) is 0 Å². The van der Waals surface area contributed by atoms with Crippen molar-refractivity contribution in [1.29, 1.82) is 0 Å². The van der Waals surface area contributed by atoms with Crippen molar-refractivity contribution in [2.24, 2.45) is 0 Å². The maximum Gasteiger partial charge on any atom is 0.243 e. The molecule has 0 saturated carbocycles. The number of carbonyl (C=O) groups is 1. The van der Waals surface area contributed by atoms with E-state index in [4.69, 9.17) is 0 Å². The average molecular weight is 255 g/mol. The summed E-state index contributed by atoms with van der Waals surface area (Å²) in [6.45, 7) is 3.33. The Morgan fingerprint density at radius 3 is 3.07 bits per heavy atom. The monoisotopic (exact) mass is 254 g/mol. The zero-order chi connectivity index (χ0) is 10.1. The topological polar surface area (TPSA) is 32.3 Å². The summed E-state index contributed by atoms with van der Waals surface area (Å²) in [5.74, 6) is 0.0571. The van der Waals surface area contributed by atoms with E-state index < -0.39 is 0 Å². The van der Waals surface area contributed by atoms with Gasteiger partial charge in [0.1, 0.15) is 0 Å². The van der Waals surface area contributed by atoms with Gasteiger partial charge in [0.25, 0.3) is 0 Å². The summed E-state index contributed by atoms with van der Waals surface area (Å²) in [4.78, 5) is 13.4. The van der Waals surface area contributed by atoms with Gasteiger partial charge in [-0.15, -0.1) is 0 Å². The Bertz CT molecular complexity index is 378. The van der Waals surface area contributed by atoms with Gasteiger partial charge in [-0.2, -0.15) is 0 Å². The largest absolute Gasteiger partial charge is 0.361 e. The number of anilines is 2. The first kappa shape index (κ1) is 9.52. The van der Waals surface area contributed by atoms with Crippen LogP contribution in [0, 0.1) is 0 Å². The Morgan fingerprint density at radius 1 is 1.57 bits per heavy atom. The minimum atomic E-state index is 0.0571. The van der Waals surface area contributed by atoms with Crippen LogP contribution in [0.25, 0.3) is 0 Å². The lowest BCUT2D eigenvalue weighted by molar-refractivity contribution is -0.115. The molecule has 14 heavy (non-hydrogen) atoms. The molecule has 0 spiro atoms. The molecule has 1 aliphatic rings. The Kier molecular flexibility index (Phi) is 2.46. The van der Waals surface area contributed by atoms with Gasteiger partial charge in [0, 0.05) is 11.0 Å². The van der Waals surface area contributed by atoms with Crippen LogP contribution in [-0.2, 0) is 4.79 Å². The van der Waals surface area contributed by atoms with E-state index in [0.29, 0.717) is 6.54 Å². The third-order valence-corrected chi connectivity index (χ3v) is 2.78. The van der Waals surface area contributed by atoms with Crippen molar-refractivity contribution in [3.05, 3.63) is 22.7 Å². The highest BCUT2D eigenvalue weighted by Gasteiger charge is 2.20. The number of carbonyl (C=O) groups excluding carboxylic acids is 1. The molecule has 0 bridgehead atoms. The van der Waals surface area contributed by atoms with Crippen LogP contribution in [0.4, 0.5) is 11.4 Å². The van der Waals surface area contributed by atoms with E-state index in [1.165, 1.54) is 0 Å². The molecule has 0 unspecified atom stereocenters. The number of hydrogen-bond donors (Lipinski definition) is 1. The minimum absolute atomic E-state index is 0.0571. The van der Waals surface area contributed by atoms with Crippen LogP contribution in [0.3, 0.4) is 0 Å². The fraction of sp³-hybridized carbons (Fsp3) is 0.300. The predicted molar refractivity (Wildman–Crippen MR) is 60.7 cm³/mol. The normalized spacial score (nSPS) is 15.0. The molecule has 2 rings (SSSR count). The maximum atomic E-state index is 11.3. The first-order valence-electron chi connectivity index (χ1n) is 4.55. The molecular weight excluding hydrogens is 244 g/mol. The Hall–Kier alpha value is -1.03. The quantitative estimate of drug-likeness (QED) is 0.834. The summed E-state index contributed by atoms with van der Waals surface area (Å²) in [7, 11) is 0. The van der Waals surface area contributed by atoms with E-state index >= 15 is 0 Å². The first-order chi connectivity index (χ1) is 6.70. The van der Waals surface area contributed by atoms with Gasteiger partial charge in [-0.3, -0.25) is 4.79 Å². The van der Waals surface area contributed by atoms with Gasteiger partial charge in [-0.05, 0) is 25.1 Å². The lowest BCUT2D eigenvalue weighted by Crippen LogP contribution is -2.37. The SMILES string of the molecule is CCN1CC(=O)Nc2ccc(Br)cc21. The summed E-state index contributed by atoms with van der Waals surface area (Å²) in [5, 5.41) is 2.85. The molecule has 0 aliphatic carbocycles. The van der Waals surface area contributed by atoms with Gasteiger partial charge in [0.05, 0.1) is 17.9 Å². The van der Waals surface area contributed by atoms with Crippen LogP contribution in [0.15, 0.2) is 22.7 Å². The van der Waals surface area contributed by atoms with Gasteiger partial charge < -0.3 is 10.2 Å². The second kappa shape index (κ2) is 3.61. The molecular formula is C10H11BrN2O. The lowest BCUT2D eigenvalue weighted by atomic mass is 10.2. The number of hydrogen-bond acceptors (Lipinski definition) is 2. The van der Waals surface area contributed by atoms with E-state index in [9.17, 15) is 4.79 Å². The molecule has 74 valence electrons. The zero-order valence-corrected chi connectivity index (χ0v) is 9.47. The number of likely N-dealkylation sites (N-methyl/N-ethyl adjacent to an activating group) is 1. The molecule has 3 nitrogen and oxygen atoms in total. The molecule has 1 aliphatic heterocycles. The third-order valence-electron chi connectivity index (χ3n) is 2.29. The molecule has 4 heteroatoms. The number of benzene rings is 1. The van der Waals surface area contributed by atoms with Crippen molar-refractivity contribution in [3.8, 4) is 0 Å². The predicted octanol–water partition coefficient (Wildman–Crippen LogP) is 2.23. The number of nitrogens with zero attached hydrogens (tertiary/aromatic N) is 1. The highest BCUT2D eigenvalue weighted by atomic mass is 79.9. The Balaban J connectivity index is 2.46. The second-order valence-corrected chi connectivity index (χ2v) is 4.14. The van der Waals surface area contributed by atoms with E-state index in [2.05, 4.69) is 26.1 Å². The summed E-state index contributed by atoms with van der Waals surface area (Å²) in [6, 6.07) is 5.87. The average Bonchev–Trinajstić information content (AvgIpc) is 2.17. The molecule has 0 radical (unpaired) electrons. The summed E-state index contributed by atoms with van der Waals surface area (Å²) in [6.07, 6.45) is 0.